The van der Waals surface area contributed by atoms with Crippen LogP contribution < -0.4 is 0 Å². The van der Waals surface area contributed by atoms with Gasteiger partial charge in [0.15, 0.2) is 0 Å². The Labute approximate surface area is 87.0 Å². The Morgan fingerprint density at radius 3 is 1.50 bits per heavy atom. The van der Waals surface area contributed by atoms with Crippen LogP contribution in [0.4, 0.5) is 0 Å². The summed E-state index contributed by atoms with van der Waals surface area (Å²) in [5.41, 5.74) is 0. The molecule has 0 radical (unpaired) electrons. The number of hydrogen-bond acceptors (Lipinski definition) is 2. The van der Waals surface area contributed by atoms with E-state index >= 15 is 0 Å². The molecule has 2 aliphatic carbocycles. The van der Waals surface area contributed by atoms with Crippen molar-refractivity contribution in [3.63, 3.8) is 0 Å². The molecule has 2 heteroatoms. The molecule has 4 atom stereocenters. The lowest BCUT2D eigenvalue weighted by Crippen LogP contribution is -2.44. The smallest absolute Gasteiger partial charge is 0.0604 e. The minimum Gasteiger partial charge on any atom is -0.381 e. The van der Waals surface area contributed by atoms with Gasteiger partial charge in [-0.2, -0.15) is 0 Å². The fourth-order valence-electron chi connectivity index (χ4n) is 3.45. The molecule has 0 unspecified atom stereocenters. The minimum absolute atomic E-state index is 0.506. The Kier molecular flexibility index (Phi) is 3.45. The first-order valence-corrected chi connectivity index (χ1v) is 5.92. The van der Waals surface area contributed by atoms with Crippen LogP contribution in [0.5, 0.6) is 0 Å². The van der Waals surface area contributed by atoms with E-state index in [4.69, 9.17) is 9.47 Å². The van der Waals surface area contributed by atoms with Crippen LogP contribution in [0, 0.1) is 11.8 Å². The van der Waals surface area contributed by atoms with Crippen molar-refractivity contribution in [3.8, 4) is 0 Å². The summed E-state index contributed by atoms with van der Waals surface area (Å²) in [6, 6.07) is 0. The van der Waals surface area contributed by atoms with Crippen molar-refractivity contribution in [1.82, 2.24) is 0 Å². The monoisotopic (exact) mass is 198 g/mol. The zero-order valence-electron chi connectivity index (χ0n) is 9.37. The molecule has 0 aliphatic heterocycles. The van der Waals surface area contributed by atoms with Crippen LogP contribution in [-0.2, 0) is 9.47 Å². The van der Waals surface area contributed by atoms with E-state index in [0.717, 1.165) is 11.8 Å². The van der Waals surface area contributed by atoms with Gasteiger partial charge in [-0.25, -0.2) is 0 Å². The second-order valence-corrected chi connectivity index (χ2v) is 4.74. The van der Waals surface area contributed by atoms with E-state index in [-0.39, 0.29) is 0 Å². The molecule has 2 aliphatic rings. The van der Waals surface area contributed by atoms with Crippen LogP contribution >= 0.6 is 0 Å². The SMILES string of the molecule is CO[C@H]1CC[C@H](OC)[C@@H]2CCCC[C@H]21. The Morgan fingerprint density at radius 1 is 0.714 bits per heavy atom. The van der Waals surface area contributed by atoms with Gasteiger partial charge in [0.2, 0.25) is 0 Å². The summed E-state index contributed by atoms with van der Waals surface area (Å²) in [5.74, 6) is 1.54. The lowest BCUT2D eigenvalue weighted by Gasteiger charge is -2.44. The number of fused-ring (bicyclic) bond motifs is 1. The summed E-state index contributed by atoms with van der Waals surface area (Å²) in [4.78, 5) is 0. The van der Waals surface area contributed by atoms with Gasteiger partial charge in [0.05, 0.1) is 12.2 Å². The third-order valence-corrected chi connectivity index (χ3v) is 4.17. The van der Waals surface area contributed by atoms with E-state index < -0.39 is 0 Å². The van der Waals surface area contributed by atoms with Gasteiger partial charge in [-0.15, -0.1) is 0 Å². The molecule has 0 amide bonds. The molecule has 0 aromatic heterocycles. The van der Waals surface area contributed by atoms with Gasteiger partial charge < -0.3 is 9.47 Å². The number of hydrogen-bond donors (Lipinski definition) is 0. The quantitative estimate of drug-likeness (QED) is 0.679. The molecule has 14 heavy (non-hydrogen) atoms. The van der Waals surface area contributed by atoms with E-state index in [1.165, 1.54) is 38.5 Å². The third kappa shape index (κ3) is 1.82. The van der Waals surface area contributed by atoms with Gasteiger partial charge in [0.1, 0.15) is 0 Å². The molecular formula is C12H22O2. The van der Waals surface area contributed by atoms with Crippen molar-refractivity contribution < 1.29 is 9.47 Å². The summed E-state index contributed by atoms with van der Waals surface area (Å²) < 4.78 is 11.2. The summed E-state index contributed by atoms with van der Waals surface area (Å²) >= 11 is 0. The van der Waals surface area contributed by atoms with Crippen molar-refractivity contribution >= 4 is 0 Å². The standard InChI is InChI=1S/C12H22O2/c1-13-11-7-8-12(14-2)10-6-4-3-5-9(10)11/h9-12H,3-8H2,1-2H3/t9-,10-,11+,12+/m1/s1. The van der Waals surface area contributed by atoms with Crippen molar-refractivity contribution in [2.45, 2.75) is 50.7 Å². The molecule has 0 saturated heterocycles. The highest BCUT2D eigenvalue weighted by molar-refractivity contribution is 4.91. The molecule has 0 aromatic carbocycles. The van der Waals surface area contributed by atoms with Crippen molar-refractivity contribution in [2.75, 3.05) is 14.2 Å². The van der Waals surface area contributed by atoms with Crippen LogP contribution in [0.1, 0.15) is 38.5 Å². The van der Waals surface area contributed by atoms with Gasteiger partial charge in [-0.1, -0.05) is 12.8 Å². The maximum atomic E-state index is 5.60. The van der Waals surface area contributed by atoms with Crippen LogP contribution in [-0.4, -0.2) is 26.4 Å². The van der Waals surface area contributed by atoms with E-state index in [0.29, 0.717) is 12.2 Å². The predicted octanol–water partition coefficient (Wildman–Crippen LogP) is 2.62. The summed E-state index contributed by atoms with van der Waals surface area (Å²) in [5, 5.41) is 0. The maximum absolute atomic E-state index is 5.60. The molecular weight excluding hydrogens is 176 g/mol. The Morgan fingerprint density at radius 2 is 1.14 bits per heavy atom. The molecule has 2 fully saturated rings. The molecule has 2 nitrogen and oxygen atoms in total. The maximum Gasteiger partial charge on any atom is 0.0604 e. The first kappa shape index (κ1) is 10.4. The van der Waals surface area contributed by atoms with E-state index in [9.17, 15) is 0 Å². The number of rotatable bonds is 2. The lowest BCUT2D eigenvalue weighted by molar-refractivity contribution is -0.0905. The Hall–Kier alpha value is -0.0800. The van der Waals surface area contributed by atoms with Crippen molar-refractivity contribution in [1.29, 1.82) is 0 Å². The molecule has 0 N–H and O–H groups in total. The van der Waals surface area contributed by atoms with Gasteiger partial charge >= 0.3 is 0 Å². The van der Waals surface area contributed by atoms with E-state index in [2.05, 4.69) is 0 Å². The summed E-state index contributed by atoms with van der Waals surface area (Å²) in [6.07, 6.45) is 8.87. The predicted molar refractivity (Wildman–Crippen MR) is 56.3 cm³/mol. The fourth-order valence-corrected chi connectivity index (χ4v) is 3.45. The van der Waals surface area contributed by atoms with Crippen LogP contribution in [0.15, 0.2) is 0 Å². The zero-order chi connectivity index (χ0) is 9.97. The average molecular weight is 198 g/mol. The Bertz CT molecular complexity index is 161. The normalized spacial score (nSPS) is 43.3. The highest BCUT2D eigenvalue weighted by atomic mass is 16.5. The highest BCUT2D eigenvalue weighted by Gasteiger charge is 2.40. The lowest BCUT2D eigenvalue weighted by atomic mass is 9.68. The molecule has 2 saturated carbocycles. The second-order valence-electron chi connectivity index (χ2n) is 4.74. The molecule has 0 aromatic rings. The van der Waals surface area contributed by atoms with Gasteiger partial charge in [0.25, 0.3) is 0 Å². The zero-order valence-corrected chi connectivity index (χ0v) is 9.37. The molecule has 82 valence electrons. The Balaban J connectivity index is 2.05. The van der Waals surface area contributed by atoms with Crippen LogP contribution in [0.3, 0.4) is 0 Å². The van der Waals surface area contributed by atoms with Crippen molar-refractivity contribution in [2.24, 2.45) is 11.8 Å². The fraction of sp³-hybridized carbons (Fsp3) is 1.00. The topological polar surface area (TPSA) is 18.5 Å². The first-order valence-electron chi connectivity index (χ1n) is 5.92. The third-order valence-electron chi connectivity index (χ3n) is 4.17. The summed E-state index contributed by atoms with van der Waals surface area (Å²) in [7, 11) is 3.73. The van der Waals surface area contributed by atoms with Crippen LogP contribution in [0.25, 0.3) is 0 Å². The number of methoxy groups -OCH3 is 2. The highest BCUT2D eigenvalue weighted by Crippen LogP contribution is 2.42. The largest absolute Gasteiger partial charge is 0.381 e. The molecule has 0 spiro atoms. The summed E-state index contributed by atoms with van der Waals surface area (Å²) in [6.45, 7) is 0. The van der Waals surface area contributed by atoms with E-state index in [1.807, 2.05) is 14.2 Å². The van der Waals surface area contributed by atoms with Crippen LogP contribution in [0.2, 0.25) is 0 Å². The first-order chi connectivity index (χ1) is 6.86. The molecule has 0 heterocycles. The van der Waals surface area contributed by atoms with Gasteiger partial charge in [-0.05, 0) is 37.5 Å². The van der Waals surface area contributed by atoms with Crippen molar-refractivity contribution in [3.05, 3.63) is 0 Å². The average Bonchev–Trinajstić information content (AvgIpc) is 2.27. The molecule has 2 rings (SSSR count). The van der Waals surface area contributed by atoms with E-state index in [1.54, 1.807) is 0 Å². The molecule has 0 bridgehead atoms. The minimum atomic E-state index is 0.506. The second kappa shape index (κ2) is 4.63. The van der Waals surface area contributed by atoms with Gasteiger partial charge in [0, 0.05) is 14.2 Å². The number of ether oxygens (including phenoxy) is 2. The van der Waals surface area contributed by atoms with Gasteiger partial charge in [-0.3, -0.25) is 0 Å².